The molecule has 4 aliphatic carbocycles. The molecular formula is C20H18. The third-order valence-corrected chi connectivity index (χ3v) is 5.66. The van der Waals surface area contributed by atoms with Crippen LogP contribution < -0.4 is 0 Å². The van der Waals surface area contributed by atoms with Crippen LogP contribution in [0, 0.1) is 23.7 Å². The number of rotatable bonds is 2. The Bertz CT molecular complexity index is 623. The van der Waals surface area contributed by atoms with E-state index < -0.39 is 0 Å². The van der Waals surface area contributed by atoms with E-state index in [4.69, 9.17) is 0 Å². The van der Waals surface area contributed by atoms with Crippen LogP contribution in [0.25, 0.3) is 5.57 Å². The Morgan fingerprint density at radius 2 is 1.20 bits per heavy atom. The van der Waals surface area contributed by atoms with Gasteiger partial charge in [-0.1, -0.05) is 66.2 Å². The lowest BCUT2D eigenvalue weighted by atomic mass is 9.89. The molecule has 0 heterocycles. The van der Waals surface area contributed by atoms with E-state index in [2.05, 4.69) is 60.7 Å². The molecule has 0 spiro atoms. The highest BCUT2D eigenvalue weighted by atomic mass is 14.7. The molecule has 6 rings (SSSR count). The van der Waals surface area contributed by atoms with E-state index in [0.717, 1.165) is 23.7 Å². The van der Waals surface area contributed by atoms with Crippen LogP contribution in [-0.2, 0) is 0 Å². The Morgan fingerprint density at radius 3 is 1.60 bits per heavy atom. The van der Waals surface area contributed by atoms with Crippen molar-refractivity contribution in [3.05, 3.63) is 77.4 Å². The summed E-state index contributed by atoms with van der Waals surface area (Å²) in [6.45, 7) is 0. The van der Waals surface area contributed by atoms with Crippen LogP contribution in [0.15, 0.2) is 66.2 Å². The molecule has 0 amide bonds. The lowest BCUT2D eigenvalue weighted by Gasteiger charge is -2.15. The van der Waals surface area contributed by atoms with Gasteiger partial charge in [-0.15, -0.1) is 0 Å². The zero-order chi connectivity index (χ0) is 13.1. The summed E-state index contributed by atoms with van der Waals surface area (Å²) in [5.41, 5.74) is 6.15. The minimum Gasteiger partial charge on any atom is -0.0622 e. The van der Waals surface area contributed by atoms with Crippen molar-refractivity contribution in [1.82, 2.24) is 0 Å². The Hall–Kier alpha value is -1.82. The van der Waals surface area contributed by atoms with Crippen LogP contribution in [0.3, 0.4) is 0 Å². The summed E-state index contributed by atoms with van der Waals surface area (Å²) >= 11 is 0. The van der Waals surface area contributed by atoms with Gasteiger partial charge in [0, 0.05) is 0 Å². The van der Waals surface area contributed by atoms with Gasteiger partial charge in [-0.3, -0.25) is 0 Å². The quantitative estimate of drug-likeness (QED) is 0.727. The largest absolute Gasteiger partial charge is 0.0622 e. The van der Waals surface area contributed by atoms with Crippen LogP contribution in [-0.4, -0.2) is 0 Å². The second-order valence-electron chi connectivity index (χ2n) is 6.58. The standard InChI is InChI=1S/C20H18/c1-3-7-13(8-4-1)18(14-9-5-2-6-10-14)19-15-11-16-17(12-15)20(16)19/h1-10,15-17,20H,11-12H2. The smallest absolute Gasteiger partial charge is 0.0114 e. The molecule has 4 bridgehead atoms. The maximum absolute atomic E-state index is 2.28. The Balaban J connectivity index is 1.75. The summed E-state index contributed by atoms with van der Waals surface area (Å²) < 4.78 is 0. The van der Waals surface area contributed by atoms with E-state index in [0.29, 0.717) is 0 Å². The molecule has 0 aromatic heterocycles. The Morgan fingerprint density at radius 1 is 0.700 bits per heavy atom. The zero-order valence-corrected chi connectivity index (χ0v) is 11.5. The second-order valence-corrected chi connectivity index (χ2v) is 6.58. The fraction of sp³-hybridized carbons (Fsp3) is 0.300. The summed E-state index contributed by atoms with van der Waals surface area (Å²) in [5, 5.41) is 0. The van der Waals surface area contributed by atoms with Crippen molar-refractivity contribution in [3.63, 3.8) is 0 Å². The molecule has 0 radical (unpaired) electrons. The summed E-state index contributed by atoms with van der Waals surface area (Å²) in [6, 6.07) is 22.0. The molecule has 4 aliphatic rings. The van der Waals surface area contributed by atoms with Gasteiger partial charge < -0.3 is 0 Å². The van der Waals surface area contributed by atoms with Gasteiger partial charge in [-0.2, -0.15) is 0 Å². The van der Waals surface area contributed by atoms with Gasteiger partial charge in [0.1, 0.15) is 0 Å². The maximum Gasteiger partial charge on any atom is -0.0114 e. The second kappa shape index (κ2) is 3.85. The summed E-state index contributed by atoms with van der Waals surface area (Å²) in [7, 11) is 0. The van der Waals surface area contributed by atoms with Gasteiger partial charge in [0.25, 0.3) is 0 Å². The molecule has 98 valence electrons. The van der Waals surface area contributed by atoms with Crippen LogP contribution >= 0.6 is 0 Å². The molecule has 0 heteroatoms. The molecule has 0 aliphatic heterocycles. The van der Waals surface area contributed by atoms with Gasteiger partial charge in [-0.25, -0.2) is 0 Å². The minimum absolute atomic E-state index is 0.880. The highest BCUT2D eigenvalue weighted by Crippen LogP contribution is 2.74. The lowest BCUT2D eigenvalue weighted by Crippen LogP contribution is -1.98. The third kappa shape index (κ3) is 1.37. The number of benzene rings is 2. The Kier molecular flexibility index (Phi) is 2.10. The highest BCUT2D eigenvalue weighted by molar-refractivity contribution is 5.84. The predicted molar refractivity (Wildman–Crippen MR) is 82.1 cm³/mol. The number of allylic oxidation sites excluding steroid dienone is 1. The fourth-order valence-corrected chi connectivity index (χ4v) is 4.91. The SMILES string of the molecule is c1ccc(C(=C2C3CC4C(C3)C24)c2ccccc2)cc1. The molecule has 20 heavy (non-hydrogen) atoms. The molecule has 2 unspecified atom stereocenters. The van der Waals surface area contributed by atoms with Gasteiger partial charge in [0.2, 0.25) is 0 Å². The van der Waals surface area contributed by atoms with Crippen molar-refractivity contribution in [2.75, 3.05) is 0 Å². The van der Waals surface area contributed by atoms with Crippen molar-refractivity contribution in [2.24, 2.45) is 23.7 Å². The first kappa shape index (κ1) is 10.9. The normalized spacial score (nSPS) is 32.5. The van der Waals surface area contributed by atoms with Crippen molar-refractivity contribution in [3.8, 4) is 0 Å². The lowest BCUT2D eigenvalue weighted by molar-refractivity contribution is 0.671. The first-order valence-corrected chi connectivity index (χ1v) is 7.78. The van der Waals surface area contributed by atoms with E-state index in [1.807, 2.05) is 0 Å². The minimum atomic E-state index is 0.880. The Labute approximate surface area is 120 Å². The molecule has 4 saturated carbocycles. The van der Waals surface area contributed by atoms with Gasteiger partial charge in [-0.05, 0) is 53.2 Å². The third-order valence-electron chi connectivity index (χ3n) is 5.66. The fourth-order valence-electron chi connectivity index (χ4n) is 4.91. The summed E-state index contributed by atoms with van der Waals surface area (Å²) in [4.78, 5) is 0. The molecule has 0 nitrogen and oxygen atoms in total. The molecular weight excluding hydrogens is 240 g/mol. The molecule has 0 N–H and O–H groups in total. The van der Waals surface area contributed by atoms with Gasteiger partial charge in [0.05, 0.1) is 0 Å². The van der Waals surface area contributed by atoms with Gasteiger partial charge in [0.15, 0.2) is 0 Å². The molecule has 2 aromatic carbocycles. The average Bonchev–Trinajstić information content (AvgIpc) is 2.89. The number of hydrogen-bond acceptors (Lipinski definition) is 0. The van der Waals surface area contributed by atoms with Crippen LogP contribution in [0.4, 0.5) is 0 Å². The van der Waals surface area contributed by atoms with E-state index >= 15 is 0 Å². The average molecular weight is 258 g/mol. The zero-order valence-electron chi connectivity index (χ0n) is 11.5. The van der Waals surface area contributed by atoms with Crippen molar-refractivity contribution < 1.29 is 0 Å². The van der Waals surface area contributed by atoms with Gasteiger partial charge >= 0.3 is 0 Å². The van der Waals surface area contributed by atoms with Crippen LogP contribution in [0.1, 0.15) is 24.0 Å². The van der Waals surface area contributed by atoms with Crippen molar-refractivity contribution in [2.45, 2.75) is 12.8 Å². The molecule has 0 saturated heterocycles. The molecule has 2 aromatic rings. The van der Waals surface area contributed by atoms with E-state index in [9.17, 15) is 0 Å². The molecule has 4 fully saturated rings. The maximum atomic E-state index is 2.28. The summed E-state index contributed by atoms with van der Waals surface area (Å²) in [6.07, 6.45) is 2.93. The van der Waals surface area contributed by atoms with E-state index in [-0.39, 0.29) is 0 Å². The highest BCUT2D eigenvalue weighted by Gasteiger charge is 2.66. The number of hydrogen-bond donors (Lipinski definition) is 0. The van der Waals surface area contributed by atoms with Crippen LogP contribution in [0.5, 0.6) is 0 Å². The monoisotopic (exact) mass is 258 g/mol. The van der Waals surface area contributed by atoms with Crippen molar-refractivity contribution in [1.29, 1.82) is 0 Å². The first-order valence-electron chi connectivity index (χ1n) is 7.78. The topological polar surface area (TPSA) is 0 Å². The predicted octanol–water partition coefficient (Wildman–Crippen LogP) is 4.77. The van der Waals surface area contributed by atoms with E-state index in [1.165, 1.54) is 24.0 Å². The first-order chi connectivity index (χ1) is 9.93. The van der Waals surface area contributed by atoms with E-state index in [1.54, 1.807) is 11.1 Å². The van der Waals surface area contributed by atoms with Crippen LogP contribution in [0.2, 0.25) is 0 Å². The summed E-state index contributed by atoms with van der Waals surface area (Å²) in [5.74, 6) is 3.88. The molecule has 2 atom stereocenters. The van der Waals surface area contributed by atoms with Crippen molar-refractivity contribution >= 4 is 5.57 Å².